The van der Waals surface area contributed by atoms with Gasteiger partial charge in [0.05, 0.1) is 29.2 Å². The number of hydrogen-bond donors (Lipinski definition) is 1. The first-order valence-electron chi connectivity index (χ1n) is 11.0. The van der Waals surface area contributed by atoms with E-state index in [4.69, 9.17) is 0 Å². The lowest BCUT2D eigenvalue weighted by molar-refractivity contribution is -0.149. The fraction of sp³-hybridized carbons (Fsp3) is 0.458. The lowest BCUT2D eigenvalue weighted by atomic mass is 9.44. The number of rotatable bonds is 4. The molecule has 2 saturated heterocycles. The number of carbonyl (C=O) groups excluding carboxylic acids is 5. The summed E-state index contributed by atoms with van der Waals surface area (Å²) in [7, 11) is 0. The second kappa shape index (κ2) is 6.60. The monoisotopic (exact) mass is 435 g/mol. The molecule has 1 saturated carbocycles. The van der Waals surface area contributed by atoms with E-state index in [9.17, 15) is 24.0 Å². The van der Waals surface area contributed by atoms with Gasteiger partial charge in [0.2, 0.25) is 23.6 Å². The Morgan fingerprint density at radius 3 is 1.75 bits per heavy atom. The Bertz CT molecular complexity index is 1050. The molecule has 0 aromatic heterocycles. The minimum Gasteiger partial charge on any atom is -0.341 e. The molecule has 2 bridgehead atoms. The van der Waals surface area contributed by atoms with Crippen molar-refractivity contribution in [1.29, 1.82) is 0 Å². The van der Waals surface area contributed by atoms with Crippen molar-refractivity contribution in [2.24, 2.45) is 29.1 Å². The molecule has 6 atom stereocenters. The lowest BCUT2D eigenvalue weighted by Crippen LogP contribution is -2.72. The largest absolute Gasteiger partial charge is 0.341 e. The van der Waals surface area contributed by atoms with Crippen LogP contribution >= 0.6 is 0 Å². The number of carbonyl (C=O) groups is 5. The van der Waals surface area contributed by atoms with Gasteiger partial charge in [0, 0.05) is 24.1 Å². The molecule has 8 heteroatoms. The molecular weight excluding hydrogens is 410 g/mol. The van der Waals surface area contributed by atoms with Crippen LogP contribution in [0.3, 0.4) is 0 Å². The van der Waals surface area contributed by atoms with E-state index in [2.05, 4.69) is 5.32 Å². The van der Waals surface area contributed by atoms with E-state index in [0.29, 0.717) is 5.56 Å². The van der Waals surface area contributed by atoms with Gasteiger partial charge in [0.25, 0.3) is 5.91 Å². The fourth-order valence-corrected chi connectivity index (χ4v) is 6.47. The number of imide groups is 2. The Labute approximate surface area is 185 Å². The van der Waals surface area contributed by atoms with Crippen LogP contribution in [-0.4, -0.2) is 58.0 Å². The molecule has 0 spiro atoms. The number of nitrogens with one attached hydrogen (secondary N) is 1. The molecule has 3 aliphatic carbocycles. The summed E-state index contributed by atoms with van der Waals surface area (Å²) in [6.07, 6.45) is 3.47. The maximum absolute atomic E-state index is 13.5. The highest BCUT2D eigenvalue weighted by Crippen LogP contribution is 2.65. The Morgan fingerprint density at radius 1 is 0.812 bits per heavy atom. The fourth-order valence-electron chi connectivity index (χ4n) is 6.47. The predicted octanol–water partition coefficient (Wildman–Crippen LogP) is 0.987. The zero-order valence-electron chi connectivity index (χ0n) is 18.2. The highest BCUT2D eigenvalue weighted by Gasteiger charge is 2.78. The number of likely N-dealkylation sites (tertiary alicyclic amines) is 2. The van der Waals surface area contributed by atoms with Crippen LogP contribution in [0.5, 0.6) is 0 Å². The van der Waals surface area contributed by atoms with Crippen LogP contribution in [-0.2, 0) is 19.2 Å². The average molecular weight is 435 g/mol. The summed E-state index contributed by atoms with van der Waals surface area (Å²) < 4.78 is 0. The first kappa shape index (κ1) is 20.6. The third-order valence-electron chi connectivity index (χ3n) is 7.88. The number of amides is 5. The maximum atomic E-state index is 13.5. The molecule has 166 valence electrons. The first-order valence-corrected chi connectivity index (χ1v) is 11.0. The van der Waals surface area contributed by atoms with Gasteiger partial charge in [-0.05, 0) is 26.0 Å². The van der Waals surface area contributed by atoms with Crippen molar-refractivity contribution >= 4 is 29.5 Å². The molecule has 1 aromatic rings. The topological polar surface area (TPSA) is 104 Å². The molecule has 0 radical (unpaired) electrons. The van der Waals surface area contributed by atoms with Crippen LogP contribution in [0.15, 0.2) is 42.5 Å². The summed E-state index contributed by atoms with van der Waals surface area (Å²) in [5.41, 5.74) is -2.06. The van der Waals surface area contributed by atoms with Gasteiger partial charge in [-0.2, -0.15) is 0 Å². The van der Waals surface area contributed by atoms with Crippen molar-refractivity contribution in [2.45, 2.75) is 26.3 Å². The number of nitrogens with zero attached hydrogens (tertiary/aromatic N) is 2. The van der Waals surface area contributed by atoms with E-state index in [0.717, 1.165) is 0 Å². The van der Waals surface area contributed by atoms with E-state index in [1.807, 2.05) is 0 Å². The van der Waals surface area contributed by atoms with Crippen molar-refractivity contribution in [3.05, 3.63) is 48.0 Å². The van der Waals surface area contributed by atoms with E-state index in [-0.39, 0.29) is 24.9 Å². The van der Waals surface area contributed by atoms with Crippen LogP contribution in [0.1, 0.15) is 31.1 Å². The predicted molar refractivity (Wildman–Crippen MR) is 113 cm³/mol. The Morgan fingerprint density at radius 2 is 1.28 bits per heavy atom. The lowest BCUT2D eigenvalue weighted by Gasteiger charge is -2.58. The smallest absolute Gasteiger partial charge is 0.252 e. The van der Waals surface area contributed by atoms with E-state index >= 15 is 0 Å². The molecule has 5 amide bonds. The van der Waals surface area contributed by atoms with E-state index < -0.39 is 52.3 Å². The van der Waals surface area contributed by atoms with Crippen molar-refractivity contribution in [3.63, 3.8) is 0 Å². The van der Waals surface area contributed by atoms with Crippen LogP contribution in [0.4, 0.5) is 0 Å². The molecule has 3 fully saturated rings. The molecular formula is C24H25N3O5. The Hall–Kier alpha value is -3.29. The SMILES string of the molecule is CCN1C(=O)[C@@H]2[C@H](C1=O)C1(C)C=CC2(NC(=O)c2ccccc2)[C@H]2C(=O)N(CC)C(=O)[C@H]21. The zero-order chi connectivity index (χ0) is 23.0. The molecule has 2 aliphatic heterocycles. The molecule has 32 heavy (non-hydrogen) atoms. The zero-order valence-corrected chi connectivity index (χ0v) is 18.2. The number of hydrogen-bond acceptors (Lipinski definition) is 5. The van der Waals surface area contributed by atoms with Gasteiger partial charge in [-0.1, -0.05) is 37.3 Å². The summed E-state index contributed by atoms with van der Waals surface area (Å²) in [6, 6.07) is 8.50. The quantitative estimate of drug-likeness (QED) is 0.561. The summed E-state index contributed by atoms with van der Waals surface area (Å²) in [5.74, 6) is -5.46. The molecule has 1 aromatic carbocycles. The summed E-state index contributed by atoms with van der Waals surface area (Å²) in [4.78, 5) is 69.3. The number of allylic oxidation sites excluding steroid dienone is 1. The minimum absolute atomic E-state index is 0.196. The molecule has 8 nitrogen and oxygen atoms in total. The van der Waals surface area contributed by atoms with Crippen LogP contribution < -0.4 is 5.32 Å². The van der Waals surface area contributed by atoms with Gasteiger partial charge in [-0.3, -0.25) is 33.8 Å². The normalized spacial score (nSPS) is 37.2. The molecule has 5 aliphatic rings. The first-order chi connectivity index (χ1) is 15.2. The average Bonchev–Trinajstić information content (AvgIpc) is 3.22. The van der Waals surface area contributed by atoms with Gasteiger partial charge in [-0.15, -0.1) is 0 Å². The summed E-state index contributed by atoms with van der Waals surface area (Å²) >= 11 is 0. The minimum atomic E-state index is -1.45. The van der Waals surface area contributed by atoms with E-state index in [1.165, 1.54) is 9.80 Å². The number of benzene rings is 1. The second-order valence-electron chi connectivity index (χ2n) is 9.20. The highest BCUT2D eigenvalue weighted by molar-refractivity contribution is 6.13. The molecule has 2 heterocycles. The van der Waals surface area contributed by atoms with Crippen molar-refractivity contribution < 1.29 is 24.0 Å². The van der Waals surface area contributed by atoms with Crippen LogP contribution in [0.2, 0.25) is 0 Å². The maximum Gasteiger partial charge on any atom is 0.252 e. The summed E-state index contributed by atoms with van der Waals surface area (Å²) in [5, 5.41) is 2.96. The van der Waals surface area contributed by atoms with Gasteiger partial charge in [0.15, 0.2) is 0 Å². The van der Waals surface area contributed by atoms with Crippen LogP contribution in [0.25, 0.3) is 0 Å². The third kappa shape index (κ3) is 2.24. The van der Waals surface area contributed by atoms with Crippen molar-refractivity contribution in [3.8, 4) is 0 Å². The van der Waals surface area contributed by atoms with Gasteiger partial charge >= 0.3 is 0 Å². The Kier molecular flexibility index (Phi) is 4.25. The van der Waals surface area contributed by atoms with Gasteiger partial charge in [-0.25, -0.2) is 0 Å². The second-order valence-corrected chi connectivity index (χ2v) is 9.20. The summed E-state index contributed by atoms with van der Waals surface area (Å²) in [6.45, 7) is 5.62. The molecule has 6 rings (SSSR count). The van der Waals surface area contributed by atoms with Gasteiger partial charge < -0.3 is 5.32 Å². The standard InChI is InChI=1S/C24H25N3O5/c1-4-26-19(29)14-16(21(26)31)24(25-18(28)13-9-7-6-8-10-13)12-11-23(14,3)15-17(24)22(32)27(5-2)20(15)30/h6-12,14-17H,4-5H2,1-3H3,(H,25,28)/t14-,15+,16+,17-,23?,24?. The highest BCUT2D eigenvalue weighted by atomic mass is 16.2. The van der Waals surface area contributed by atoms with Crippen molar-refractivity contribution in [1.82, 2.24) is 15.1 Å². The molecule has 1 N–H and O–H groups in total. The van der Waals surface area contributed by atoms with E-state index in [1.54, 1.807) is 63.3 Å². The molecule has 2 unspecified atom stereocenters. The third-order valence-corrected chi connectivity index (χ3v) is 7.88. The van der Waals surface area contributed by atoms with Crippen molar-refractivity contribution in [2.75, 3.05) is 13.1 Å². The Balaban J connectivity index is 1.71. The van der Waals surface area contributed by atoms with Crippen LogP contribution in [0, 0.1) is 29.1 Å². The van der Waals surface area contributed by atoms with Gasteiger partial charge in [0.1, 0.15) is 0 Å².